The molecule has 0 aliphatic carbocycles. The van der Waals surface area contributed by atoms with E-state index < -0.39 is 10.2 Å². The first-order valence-corrected chi connectivity index (χ1v) is 9.40. The Morgan fingerprint density at radius 1 is 1.17 bits per heavy atom. The Morgan fingerprint density at radius 2 is 1.88 bits per heavy atom. The molecule has 1 aromatic rings. The summed E-state index contributed by atoms with van der Waals surface area (Å²) < 4.78 is 39.4. The number of aromatic nitrogens is 2. The van der Waals surface area contributed by atoms with Crippen molar-refractivity contribution in [3.63, 3.8) is 0 Å². The van der Waals surface area contributed by atoms with Crippen molar-refractivity contribution in [2.45, 2.75) is 6.42 Å². The van der Waals surface area contributed by atoms with Gasteiger partial charge in [-0.15, -0.1) is 0 Å². The Balaban J connectivity index is 1.71. The van der Waals surface area contributed by atoms with Crippen molar-refractivity contribution in [1.82, 2.24) is 18.6 Å². The standard InChI is InChI=1S/C14H22N4O5S/c19-14-8-13(15-11-16-14)7-12-9-18(3-6-23-10-12)24(20,21)17-1-4-22-5-2-17/h8,11-12H,1-7,9-10H2,(H,15,16,19)/t12-/m1/s1. The van der Waals surface area contributed by atoms with Crippen LogP contribution in [0.2, 0.25) is 0 Å². The van der Waals surface area contributed by atoms with Gasteiger partial charge in [-0.25, -0.2) is 4.98 Å². The molecule has 3 rings (SSSR count). The zero-order valence-electron chi connectivity index (χ0n) is 13.4. The van der Waals surface area contributed by atoms with Gasteiger partial charge in [-0.05, 0) is 6.42 Å². The fourth-order valence-electron chi connectivity index (χ4n) is 2.94. The smallest absolute Gasteiger partial charge is 0.282 e. The highest BCUT2D eigenvalue weighted by Gasteiger charge is 2.33. The van der Waals surface area contributed by atoms with Gasteiger partial charge < -0.3 is 14.5 Å². The molecular formula is C14H22N4O5S. The molecule has 0 radical (unpaired) electrons. The zero-order valence-corrected chi connectivity index (χ0v) is 14.2. The first-order valence-electron chi connectivity index (χ1n) is 8.00. The van der Waals surface area contributed by atoms with Gasteiger partial charge in [-0.3, -0.25) is 4.79 Å². The maximum Gasteiger partial charge on any atom is 0.282 e. The summed E-state index contributed by atoms with van der Waals surface area (Å²) in [6.45, 7) is 3.09. The van der Waals surface area contributed by atoms with Crippen molar-refractivity contribution in [1.29, 1.82) is 0 Å². The normalized spacial score (nSPS) is 24.6. The molecule has 0 aromatic carbocycles. The lowest BCUT2D eigenvalue weighted by atomic mass is 10.0. The molecular weight excluding hydrogens is 336 g/mol. The molecule has 0 spiro atoms. The molecule has 10 heteroatoms. The predicted molar refractivity (Wildman–Crippen MR) is 85.8 cm³/mol. The average Bonchev–Trinajstić information content (AvgIpc) is 2.82. The lowest BCUT2D eigenvalue weighted by Gasteiger charge is -2.32. The van der Waals surface area contributed by atoms with Crippen LogP contribution in [0, 0.1) is 5.92 Å². The van der Waals surface area contributed by atoms with Gasteiger partial charge in [0.25, 0.3) is 15.8 Å². The molecule has 2 aliphatic heterocycles. The van der Waals surface area contributed by atoms with Crippen LogP contribution in [0.5, 0.6) is 0 Å². The third-order valence-electron chi connectivity index (χ3n) is 4.16. The second-order valence-corrected chi connectivity index (χ2v) is 7.85. The Hall–Kier alpha value is -1.33. The molecule has 0 bridgehead atoms. The molecule has 2 fully saturated rings. The van der Waals surface area contributed by atoms with E-state index in [-0.39, 0.29) is 11.5 Å². The molecule has 1 aromatic heterocycles. The first-order chi connectivity index (χ1) is 11.6. The number of nitrogens with zero attached hydrogens (tertiary/aromatic N) is 3. The van der Waals surface area contributed by atoms with Gasteiger partial charge in [0.15, 0.2) is 0 Å². The molecule has 134 valence electrons. The van der Waals surface area contributed by atoms with Crippen LogP contribution in [0.4, 0.5) is 0 Å². The molecule has 2 saturated heterocycles. The largest absolute Gasteiger partial charge is 0.380 e. The second-order valence-electron chi connectivity index (χ2n) is 5.92. The van der Waals surface area contributed by atoms with Crippen molar-refractivity contribution in [2.24, 2.45) is 5.92 Å². The number of rotatable bonds is 4. The molecule has 1 N–H and O–H groups in total. The molecule has 2 aliphatic rings. The second kappa shape index (κ2) is 7.70. The lowest BCUT2D eigenvalue weighted by molar-refractivity contribution is 0.0699. The van der Waals surface area contributed by atoms with Crippen LogP contribution >= 0.6 is 0 Å². The van der Waals surface area contributed by atoms with E-state index in [9.17, 15) is 13.2 Å². The number of aromatic amines is 1. The number of nitrogens with one attached hydrogen (secondary N) is 1. The third-order valence-corrected chi connectivity index (χ3v) is 6.16. The summed E-state index contributed by atoms with van der Waals surface area (Å²) in [4.78, 5) is 18.0. The van der Waals surface area contributed by atoms with Crippen LogP contribution in [0.1, 0.15) is 5.69 Å². The lowest BCUT2D eigenvalue weighted by Crippen LogP contribution is -2.50. The Labute approximate surface area is 140 Å². The van der Waals surface area contributed by atoms with Crippen LogP contribution in [-0.4, -0.2) is 79.6 Å². The molecule has 3 heterocycles. The molecule has 0 amide bonds. The highest BCUT2D eigenvalue weighted by Crippen LogP contribution is 2.18. The summed E-state index contributed by atoms with van der Waals surface area (Å²) in [5.74, 6) is -0.0439. The van der Waals surface area contributed by atoms with Crippen LogP contribution in [0.25, 0.3) is 0 Å². The number of morpholine rings is 1. The predicted octanol–water partition coefficient (Wildman–Crippen LogP) is -1.16. The van der Waals surface area contributed by atoms with Gasteiger partial charge >= 0.3 is 0 Å². The van der Waals surface area contributed by atoms with E-state index in [2.05, 4.69) is 9.97 Å². The van der Waals surface area contributed by atoms with Gasteiger partial charge in [0.2, 0.25) is 0 Å². The molecule has 1 atom stereocenters. The molecule has 0 saturated carbocycles. The Morgan fingerprint density at radius 3 is 2.62 bits per heavy atom. The summed E-state index contributed by atoms with van der Waals surface area (Å²) in [6, 6.07) is 1.44. The summed E-state index contributed by atoms with van der Waals surface area (Å²) in [6.07, 6.45) is 1.86. The Bertz CT molecular complexity index is 701. The minimum Gasteiger partial charge on any atom is -0.380 e. The van der Waals surface area contributed by atoms with Gasteiger partial charge in [0.1, 0.15) is 0 Å². The molecule has 9 nitrogen and oxygen atoms in total. The maximum atomic E-state index is 12.8. The van der Waals surface area contributed by atoms with Crippen LogP contribution < -0.4 is 5.56 Å². The van der Waals surface area contributed by atoms with Crippen LogP contribution in [0.15, 0.2) is 17.2 Å². The van der Waals surface area contributed by atoms with Gasteiger partial charge in [0, 0.05) is 43.9 Å². The van der Waals surface area contributed by atoms with Crippen molar-refractivity contribution < 1.29 is 17.9 Å². The van der Waals surface area contributed by atoms with Crippen LogP contribution in [0.3, 0.4) is 0 Å². The number of hydrogen-bond acceptors (Lipinski definition) is 6. The van der Waals surface area contributed by atoms with E-state index in [0.717, 1.165) is 0 Å². The van der Waals surface area contributed by atoms with Crippen molar-refractivity contribution in [3.8, 4) is 0 Å². The highest BCUT2D eigenvalue weighted by molar-refractivity contribution is 7.86. The molecule has 0 unspecified atom stereocenters. The summed E-state index contributed by atoms with van der Waals surface area (Å²) >= 11 is 0. The van der Waals surface area contributed by atoms with E-state index in [1.54, 1.807) is 0 Å². The fraction of sp³-hybridized carbons (Fsp3) is 0.714. The zero-order chi connectivity index (χ0) is 17.0. The van der Waals surface area contributed by atoms with Gasteiger partial charge in [0.05, 0.1) is 32.8 Å². The minimum atomic E-state index is -3.52. The topological polar surface area (TPSA) is 105 Å². The van der Waals surface area contributed by atoms with Crippen LogP contribution in [-0.2, 0) is 26.1 Å². The van der Waals surface area contributed by atoms with Crippen molar-refractivity contribution in [3.05, 3.63) is 28.4 Å². The first kappa shape index (κ1) is 17.5. The average molecular weight is 358 g/mol. The van der Waals surface area contributed by atoms with E-state index >= 15 is 0 Å². The van der Waals surface area contributed by atoms with E-state index in [0.29, 0.717) is 64.7 Å². The quantitative estimate of drug-likeness (QED) is 0.728. The van der Waals surface area contributed by atoms with E-state index in [1.165, 1.54) is 21.0 Å². The van der Waals surface area contributed by atoms with Crippen molar-refractivity contribution >= 4 is 10.2 Å². The van der Waals surface area contributed by atoms with E-state index in [4.69, 9.17) is 9.47 Å². The van der Waals surface area contributed by atoms with Gasteiger partial charge in [-0.1, -0.05) is 0 Å². The summed E-state index contributed by atoms with van der Waals surface area (Å²) in [7, 11) is -3.52. The van der Waals surface area contributed by atoms with Gasteiger partial charge in [-0.2, -0.15) is 17.0 Å². The number of ether oxygens (including phenoxy) is 2. The SMILES string of the molecule is O=c1cc(C[C@H]2COCCN(S(=O)(=O)N3CCOCC3)C2)nc[nH]1. The van der Waals surface area contributed by atoms with E-state index in [1.807, 2.05) is 0 Å². The fourth-order valence-corrected chi connectivity index (χ4v) is 4.58. The maximum absolute atomic E-state index is 12.8. The minimum absolute atomic E-state index is 0.0439. The highest BCUT2D eigenvalue weighted by atomic mass is 32.2. The Kier molecular flexibility index (Phi) is 5.61. The number of hydrogen-bond donors (Lipinski definition) is 1. The molecule has 24 heavy (non-hydrogen) atoms. The number of H-pyrrole nitrogens is 1. The summed E-state index contributed by atoms with van der Waals surface area (Å²) in [5, 5.41) is 0. The summed E-state index contributed by atoms with van der Waals surface area (Å²) in [5.41, 5.74) is 0.422. The van der Waals surface area contributed by atoms with Crippen molar-refractivity contribution in [2.75, 3.05) is 52.6 Å². The third kappa shape index (κ3) is 4.19. The monoisotopic (exact) mass is 358 g/mol.